The minimum absolute atomic E-state index is 0.494. The SMILES string of the molecule is COc1nc2c(cc1Br)C[C@@H]1CNC[C@@H](C)N21. The van der Waals surface area contributed by atoms with Gasteiger partial charge in [0.15, 0.2) is 0 Å². The third-order valence-corrected chi connectivity index (χ3v) is 4.15. The van der Waals surface area contributed by atoms with Crippen LogP contribution in [0.1, 0.15) is 12.5 Å². The lowest BCUT2D eigenvalue weighted by atomic mass is 10.1. The number of anilines is 1. The lowest BCUT2D eigenvalue weighted by Crippen LogP contribution is -2.55. The smallest absolute Gasteiger partial charge is 0.229 e. The van der Waals surface area contributed by atoms with E-state index in [0.29, 0.717) is 18.0 Å². The van der Waals surface area contributed by atoms with Crippen molar-refractivity contribution >= 4 is 21.7 Å². The van der Waals surface area contributed by atoms with E-state index in [9.17, 15) is 0 Å². The predicted octanol–water partition coefficient (Wildman–Crippen LogP) is 1.58. The largest absolute Gasteiger partial charge is 0.480 e. The third kappa shape index (κ3) is 1.72. The molecule has 5 heteroatoms. The van der Waals surface area contributed by atoms with Gasteiger partial charge in [-0.15, -0.1) is 0 Å². The summed E-state index contributed by atoms with van der Waals surface area (Å²) in [4.78, 5) is 7.07. The van der Waals surface area contributed by atoms with Crippen molar-refractivity contribution in [3.05, 3.63) is 16.1 Å². The Morgan fingerprint density at radius 3 is 3.12 bits per heavy atom. The molecule has 1 N–H and O–H groups in total. The lowest BCUT2D eigenvalue weighted by molar-refractivity contribution is 0.392. The second kappa shape index (κ2) is 4.14. The number of methoxy groups -OCH3 is 1. The number of hydrogen-bond donors (Lipinski definition) is 1. The fourth-order valence-electron chi connectivity index (χ4n) is 2.84. The lowest BCUT2D eigenvalue weighted by Gasteiger charge is -2.37. The van der Waals surface area contributed by atoms with Gasteiger partial charge in [0.25, 0.3) is 0 Å². The maximum absolute atomic E-state index is 5.28. The summed E-state index contributed by atoms with van der Waals surface area (Å²) in [6.07, 6.45) is 1.07. The van der Waals surface area contributed by atoms with Gasteiger partial charge >= 0.3 is 0 Å². The van der Waals surface area contributed by atoms with Gasteiger partial charge in [0, 0.05) is 25.2 Å². The number of pyridine rings is 1. The number of nitrogens with one attached hydrogen (secondary N) is 1. The highest BCUT2D eigenvalue weighted by Gasteiger charge is 2.36. The van der Waals surface area contributed by atoms with Crippen LogP contribution in [0.25, 0.3) is 0 Å². The molecular formula is C12H16BrN3O. The zero-order valence-electron chi connectivity index (χ0n) is 10.0. The Morgan fingerprint density at radius 1 is 1.53 bits per heavy atom. The van der Waals surface area contributed by atoms with Crippen LogP contribution >= 0.6 is 15.9 Å². The average Bonchev–Trinajstić information content (AvgIpc) is 2.66. The number of piperazine rings is 1. The summed E-state index contributed by atoms with van der Waals surface area (Å²) in [5.74, 6) is 1.78. The van der Waals surface area contributed by atoms with Crippen molar-refractivity contribution in [1.82, 2.24) is 10.3 Å². The van der Waals surface area contributed by atoms with Crippen molar-refractivity contribution in [3.8, 4) is 5.88 Å². The Kier molecular flexibility index (Phi) is 2.75. The molecule has 2 aliphatic rings. The van der Waals surface area contributed by atoms with E-state index in [1.807, 2.05) is 0 Å². The number of ether oxygens (including phenoxy) is 1. The van der Waals surface area contributed by atoms with Crippen LogP contribution < -0.4 is 15.0 Å². The highest BCUT2D eigenvalue weighted by atomic mass is 79.9. The highest BCUT2D eigenvalue weighted by Crippen LogP contribution is 2.38. The Morgan fingerprint density at radius 2 is 2.35 bits per heavy atom. The highest BCUT2D eigenvalue weighted by molar-refractivity contribution is 9.10. The molecule has 0 unspecified atom stereocenters. The normalized spacial score (nSPS) is 26.6. The van der Waals surface area contributed by atoms with Gasteiger partial charge in [0.2, 0.25) is 5.88 Å². The van der Waals surface area contributed by atoms with Crippen molar-refractivity contribution in [2.75, 3.05) is 25.1 Å². The van der Waals surface area contributed by atoms with Crippen molar-refractivity contribution in [3.63, 3.8) is 0 Å². The molecule has 1 aromatic heterocycles. The van der Waals surface area contributed by atoms with Gasteiger partial charge in [0.05, 0.1) is 11.6 Å². The number of rotatable bonds is 1. The van der Waals surface area contributed by atoms with Crippen molar-refractivity contribution < 1.29 is 4.74 Å². The topological polar surface area (TPSA) is 37.4 Å². The fourth-order valence-corrected chi connectivity index (χ4v) is 3.37. The van der Waals surface area contributed by atoms with Gasteiger partial charge in [-0.2, -0.15) is 4.98 Å². The predicted molar refractivity (Wildman–Crippen MR) is 70.8 cm³/mol. The molecule has 3 heterocycles. The summed E-state index contributed by atoms with van der Waals surface area (Å²) in [5.41, 5.74) is 1.32. The van der Waals surface area contributed by atoms with Crippen LogP contribution in [0.3, 0.4) is 0 Å². The van der Waals surface area contributed by atoms with Crippen LogP contribution in [0.15, 0.2) is 10.5 Å². The number of aromatic nitrogens is 1. The summed E-state index contributed by atoms with van der Waals surface area (Å²) >= 11 is 3.50. The second-order valence-corrected chi connectivity index (χ2v) is 5.59. The molecule has 2 atom stereocenters. The average molecular weight is 298 g/mol. The van der Waals surface area contributed by atoms with E-state index < -0.39 is 0 Å². The quantitative estimate of drug-likeness (QED) is 0.854. The summed E-state index contributed by atoms with van der Waals surface area (Å²) < 4.78 is 6.23. The zero-order chi connectivity index (χ0) is 12.0. The Bertz CT molecular complexity index is 452. The van der Waals surface area contributed by atoms with Gasteiger partial charge in [0.1, 0.15) is 5.82 Å². The molecule has 0 amide bonds. The zero-order valence-corrected chi connectivity index (χ0v) is 11.6. The molecule has 0 radical (unpaired) electrons. The second-order valence-electron chi connectivity index (χ2n) is 4.73. The summed E-state index contributed by atoms with van der Waals surface area (Å²) in [6.45, 7) is 4.31. The minimum Gasteiger partial charge on any atom is -0.480 e. The molecule has 1 aromatic rings. The standard InChI is InChI=1S/C12H16BrN3O/c1-7-5-14-6-9-3-8-4-10(13)12(17-2)15-11(8)16(7)9/h4,7,9,14H,3,5-6H2,1-2H3/t7-,9-/m1/s1. The monoisotopic (exact) mass is 297 g/mol. The molecular weight excluding hydrogens is 282 g/mol. The number of fused-ring (bicyclic) bond motifs is 3. The van der Waals surface area contributed by atoms with Gasteiger partial charge in [-0.3, -0.25) is 0 Å². The van der Waals surface area contributed by atoms with Gasteiger partial charge < -0.3 is 15.0 Å². The molecule has 2 aliphatic heterocycles. The Hall–Kier alpha value is -0.810. The molecule has 3 rings (SSSR count). The van der Waals surface area contributed by atoms with Crippen molar-refractivity contribution in [2.45, 2.75) is 25.4 Å². The first-order chi connectivity index (χ1) is 8.20. The first kappa shape index (κ1) is 11.3. The van der Waals surface area contributed by atoms with Crippen LogP contribution in [0.5, 0.6) is 5.88 Å². The molecule has 0 aromatic carbocycles. The summed E-state index contributed by atoms with van der Waals surface area (Å²) in [7, 11) is 1.66. The van der Waals surface area contributed by atoms with Crippen LogP contribution in [-0.2, 0) is 6.42 Å². The summed E-state index contributed by atoms with van der Waals surface area (Å²) in [6, 6.07) is 3.18. The van der Waals surface area contributed by atoms with E-state index in [1.54, 1.807) is 7.11 Å². The molecule has 4 nitrogen and oxygen atoms in total. The summed E-state index contributed by atoms with van der Waals surface area (Å²) in [5, 5.41) is 3.47. The van der Waals surface area contributed by atoms with Gasteiger partial charge in [-0.25, -0.2) is 0 Å². The Balaban J connectivity index is 2.05. The molecule has 0 saturated carbocycles. The molecule has 0 aliphatic carbocycles. The van der Waals surface area contributed by atoms with Gasteiger partial charge in [-0.1, -0.05) is 0 Å². The van der Waals surface area contributed by atoms with E-state index in [-0.39, 0.29) is 0 Å². The first-order valence-electron chi connectivity index (χ1n) is 5.93. The molecule has 1 saturated heterocycles. The number of nitrogens with zero attached hydrogens (tertiary/aromatic N) is 2. The molecule has 1 fully saturated rings. The fraction of sp³-hybridized carbons (Fsp3) is 0.583. The van der Waals surface area contributed by atoms with Crippen LogP contribution in [-0.4, -0.2) is 37.3 Å². The minimum atomic E-state index is 0.494. The van der Waals surface area contributed by atoms with Crippen molar-refractivity contribution in [2.24, 2.45) is 0 Å². The maximum atomic E-state index is 5.28. The maximum Gasteiger partial charge on any atom is 0.229 e. The molecule has 0 spiro atoms. The van der Waals surface area contributed by atoms with E-state index in [1.165, 1.54) is 5.56 Å². The first-order valence-corrected chi connectivity index (χ1v) is 6.72. The van der Waals surface area contributed by atoms with Crippen molar-refractivity contribution in [1.29, 1.82) is 0 Å². The van der Waals surface area contributed by atoms with E-state index >= 15 is 0 Å². The van der Waals surface area contributed by atoms with Crippen LogP contribution in [0, 0.1) is 0 Å². The van der Waals surface area contributed by atoms with E-state index in [0.717, 1.165) is 29.8 Å². The number of halogens is 1. The molecule has 17 heavy (non-hydrogen) atoms. The van der Waals surface area contributed by atoms with E-state index in [4.69, 9.17) is 4.74 Å². The molecule has 0 bridgehead atoms. The van der Waals surface area contributed by atoms with Crippen LogP contribution in [0.4, 0.5) is 5.82 Å². The third-order valence-electron chi connectivity index (χ3n) is 3.58. The molecule has 92 valence electrons. The van der Waals surface area contributed by atoms with Gasteiger partial charge in [-0.05, 0) is 40.9 Å². The number of hydrogen-bond acceptors (Lipinski definition) is 4. The Labute approximate surface area is 109 Å². The van der Waals surface area contributed by atoms with Crippen LogP contribution in [0.2, 0.25) is 0 Å². The van der Waals surface area contributed by atoms with E-state index in [2.05, 4.69) is 44.1 Å².